The van der Waals surface area contributed by atoms with Gasteiger partial charge in [0.2, 0.25) is 15.7 Å². The van der Waals surface area contributed by atoms with Gasteiger partial charge in [-0.05, 0) is 60.3 Å². The quantitative estimate of drug-likeness (QED) is 0.483. The summed E-state index contributed by atoms with van der Waals surface area (Å²) in [5, 5.41) is 7.77. The molecule has 2 N–H and O–H groups in total. The molecule has 2 amide bonds. The van der Waals surface area contributed by atoms with Crippen molar-refractivity contribution in [1.29, 1.82) is 0 Å². The van der Waals surface area contributed by atoms with Gasteiger partial charge in [0.25, 0.3) is 5.91 Å². The van der Waals surface area contributed by atoms with Crippen LogP contribution in [0.5, 0.6) is 0 Å². The van der Waals surface area contributed by atoms with Crippen LogP contribution in [0.1, 0.15) is 35.0 Å². The second kappa shape index (κ2) is 10.1. The highest BCUT2D eigenvalue weighted by atomic mass is 35.5. The van der Waals surface area contributed by atoms with E-state index in [0.29, 0.717) is 18.0 Å². The summed E-state index contributed by atoms with van der Waals surface area (Å²) in [6, 6.07) is 13.7. The molecule has 0 bridgehead atoms. The number of carbonyl (C=O) groups is 2. The predicted molar refractivity (Wildman–Crippen MR) is 122 cm³/mol. The first-order valence-corrected chi connectivity index (χ1v) is 12.3. The number of sulfone groups is 1. The van der Waals surface area contributed by atoms with Crippen molar-refractivity contribution in [1.82, 2.24) is 5.32 Å². The predicted octanol–water partition coefficient (Wildman–Crippen LogP) is 4.90. The summed E-state index contributed by atoms with van der Waals surface area (Å²) in [6.07, 6.45) is 0.835. The highest BCUT2D eigenvalue weighted by molar-refractivity contribution is 7.91. The van der Waals surface area contributed by atoms with Gasteiger partial charge < -0.3 is 10.6 Å². The van der Waals surface area contributed by atoms with E-state index >= 15 is 0 Å². The molecule has 31 heavy (non-hydrogen) atoms. The zero-order valence-electron chi connectivity index (χ0n) is 16.7. The van der Waals surface area contributed by atoms with Gasteiger partial charge in [-0.1, -0.05) is 24.6 Å². The van der Waals surface area contributed by atoms with E-state index in [2.05, 4.69) is 10.6 Å². The molecule has 0 spiro atoms. The summed E-state index contributed by atoms with van der Waals surface area (Å²) in [7, 11) is -3.94. The topological polar surface area (TPSA) is 92.3 Å². The molecule has 0 aliphatic carbocycles. The Hall–Kier alpha value is -2.68. The minimum absolute atomic E-state index is 0.0396. The smallest absolute Gasteiger partial charge is 0.251 e. The van der Waals surface area contributed by atoms with Crippen molar-refractivity contribution in [2.24, 2.45) is 0 Å². The molecule has 0 aliphatic rings. The summed E-state index contributed by atoms with van der Waals surface area (Å²) in [5.74, 6) is -0.693. The van der Waals surface area contributed by atoms with E-state index < -0.39 is 9.84 Å². The summed E-state index contributed by atoms with van der Waals surface area (Å²) in [6.45, 7) is 2.21. The van der Waals surface area contributed by atoms with Crippen molar-refractivity contribution in [3.05, 3.63) is 75.4 Å². The van der Waals surface area contributed by atoms with Crippen LogP contribution < -0.4 is 10.6 Å². The van der Waals surface area contributed by atoms with Crippen molar-refractivity contribution >= 4 is 50.3 Å². The Morgan fingerprint density at radius 2 is 1.81 bits per heavy atom. The largest absolute Gasteiger partial charge is 0.347 e. The average Bonchev–Trinajstić information content (AvgIpc) is 3.26. The summed E-state index contributed by atoms with van der Waals surface area (Å²) >= 11 is 7.39. The maximum atomic E-state index is 13.2. The Morgan fingerprint density at radius 1 is 1.06 bits per heavy atom. The Bertz CT molecular complexity index is 1170. The van der Waals surface area contributed by atoms with E-state index in [1.54, 1.807) is 0 Å². The van der Waals surface area contributed by atoms with Crippen LogP contribution in [0.15, 0.2) is 69.8 Å². The van der Waals surface area contributed by atoms with Gasteiger partial charge in [-0.3, -0.25) is 9.59 Å². The lowest BCUT2D eigenvalue weighted by atomic mass is 10.1. The third-order valence-corrected chi connectivity index (χ3v) is 7.37. The number of rotatable bonds is 8. The molecule has 2 aromatic carbocycles. The minimum atomic E-state index is -3.94. The lowest BCUT2D eigenvalue weighted by Gasteiger charge is -2.14. The van der Waals surface area contributed by atoms with E-state index in [1.807, 2.05) is 24.4 Å². The van der Waals surface area contributed by atoms with Gasteiger partial charge in [-0.15, -0.1) is 11.3 Å². The number of carbonyl (C=O) groups excluding carboxylic acids is 2. The molecule has 1 heterocycles. The van der Waals surface area contributed by atoms with Crippen molar-refractivity contribution < 1.29 is 18.0 Å². The van der Waals surface area contributed by atoms with E-state index in [-0.39, 0.29) is 39.3 Å². The first-order valence-electron chi connectivity index (χ1n) is 9.56. The van der Waals surface area contributed by atoms with Gasteiger partial charge in [0.15, 0.2) is 0 Å². The zero-order chi connectivity index (χ0) is 22.4. The van der Waals surface area contributed by atoms with Crippen LogP contribution in [0.2, 0.25) is 5.02 Å². The van der Waals surface area contributed by atoms with Crippen LogP contribution in [0.25, 0.3) is 0 Å². The molecule has 0 radical (unpaired) electrons. The summed E-state index contributed by atoms with van der Waals surface area (Å²) in [5.41, 5.74) is 0.315. The highest BCUT2D eigenvalue weighted by Crippen LogP contribution is 2.30. The van der Waals surface area contributed by atoms with Crippen LogP contribution in [0.3, 0.4) is 0 Å². The number of halogens is 1. The fraction of sp³-hybridized carbons (Fsp3) is 0.182. The SMILES string of the molecule is CCCC(=O)Nc1cc(C(=O)NCc2cccs2)ccc1S(=O)(=O)c1ccc(Cl)cc1. The normalized spacial score (nSPS) is 11.2. The number of thiophene rings is 1. The number of hydrogen-bond acceptors (Lipinski definition) is 5. The second-order valence-electron chi connectivity index (χ2n) is 6.73. The van der Waals surface area contributed by atoms with E-state index in [4.69, 9.17) is 11.6 Å². The lowest BCUT2D eigenvalue weighted by molar-refractivity contribution is -0.116. The van der Waals surface area contributed by atoms with Gasteiger partial charge in [0, 0.05) is 21.9 Å². The van der Waals surface area contributed by atoms with Crippen LogP contribution in [0, 0.1) is 0 Å². The van der Waals surface area contributed by atoms with Crippen molar-refractivity contribution in [2.45, 2.75) is 36.1 Å². The Morgan fingerprint density at radius 3 is 2.45 bits per heavy atom. The monoisotopic (exact) mass is 476 g/mol. The maximum Gasteiger partial charge on any atom is 0.251 e. The number of hydrogen-bond donors (Lipinski definition) is 2. The molecule has 0 fully saturated rings. The van der Waals surface area contributed by atoms with Gasteiger partial charge in [-0.2, -0.15) is 0 Å². The average molecular weight is 477 g/mol. The third-order valence-electron chi connectivity index (χ3n) is 4.41. The van der Waals surface area contributed by atoms with Crippen LogP contribution in [-0.4, -0.2) is 20.2 Å². The number of benzene rings is 2. The Labute approximate surface area is 190 Å². The van der Waals surface area contributed by atoms with Crippen molar-refractivity contribution in [3.8, 4) is 0 Å². The molecule has 162 valence electrons. The minimum Gasteiger partial charge on any atom is -0.347 e. The van der Waals surface area contributed by atoms with Gasteiger partial charge in [0.1, 0.15) is 0 Å². The molecular formula is C22H21ClN2O4S2. The molecule has 0 aliphatic heterocycles. The molecule has 6 nitrogen and oxygen atoms in total. The first kappa shape index (κ1) is 23.0. The zero-order valence-corrected chi connectivity index (χ0v) is 19.1. The van der Waals surface area contributed by atoms with Gasteiger partial charge in [-0.25, -0.2) is 8.42 Å². The van der Waals surface area contributed by atoms with Crippen LogP contribution >= 0.6 is 22.9 Å². The highest BCUT2D eigenvalue weighted by Gasteiger charge is 2.23. The molecular weight excluding hydrogens is 456 g/mol. The molecule has 3 aromatic rings. The lowest BCUT2D eigenvalue weighted by Crippen LogP contribution is -2.23. The van der Waals surface area contributed by atoms with Crippen LogP contribution in [0.4, 0.5) is 5.69 Å². The number of nitrogens with one attached hydrogen (secondary N) is 2. The fourth-order valence-electron chi connectivity index (χ4n) is 2.87. The molecule has 0 atom stereocenters. The van der Waals surface area contributed by atoms with Gasteiger partial charge in [0.05, 0.1) is 22.0 Å². The van der Waals surface area contributed by atoms with E-state index in [0.717, 1.165) is 4.88 Å². The molecule has 3 rings (SSSR count). The Balaban J connectivity index is 1.95. The number of anilines is 1. The van der Waals surface area contributed by atoms with Crippen molar-refractivity contribution in [3.63, 3.8) is 0 Å². The first-order chi connectivity index (χ1) is 14.8. The van der Waals surface area contributed by atoms with E-state index in [1.165, 1.54) is 53.8 Å². The Kier molecular flexibility index (Phi) is 7.48. The fourth-order valence-corrected chi connectivity index (χ4v) is 5.03. The third kappa shape index (κ3) is 5.72. The standard InChI is InChI=1S/C22H21ClN2O4S2/c1-2-4-21(26)25-19-13-15(22(27)24-14-17-5-3-12-30-17)6-11-20(19)31(28,29)18-9-7-16(23)8-10-18/h3,5-13H,2,4,14H2,1H3,(H,24,27)(H,25,26). The number of amides is 2. The van der Waals surface area contributed by atoms with Crippen LogP contribution in [-0.2, 0) is 21.2 Å². The van der Waals surface area contributed by atoms with E-state index in [9.17, 15) is 18.0 Å². The molecule has 9 heteroatoms. The second-order valence-corrected chi connectivity index (χ2v) is 10.1. The summed E-state index contributed by atoms with van der Waals surface area (Å²) in [4.78, 5) is 25.7. The molecule has 0 unspecified atom stereocenters. The molecule has 0 saturated carbocycles. The molecule has 0 saturated heterocycles. The molecule has 1 aromatic heterocycles. The van der Waals surface area contributed by atoms with Gasteiger partial charge >= 0.3 is 0 Å². The van der Waals surface area contributed by atoms with Crippen molar-refractivity contribution in [2.75, 3.05) is 5.32 Å². The maximum absolute atomic E-state index is 13.2. The summed E-state index contributed by atoms with van der Waals surface area (Å²) < 4.78 is 26.3.